The van der Waals surface area contributed by atoms with Crippen LogP contribution >= 0.6 is 17.7 Å². The van der Waals surface area contributed by atoms with E-state index >= 15 is 0 Å². The van der Waals surface area contributed by atoms with Gasteiger partial charge in [-0.2, -0.15) is 0 Å². The Labute approximate surface area is 78.7 Å². The van der Waals surface area contributed by atoms with Crippen LogP contribution < -0.4 is 0 Å². The summed E-state index contributed by atoms with van der Waals surface area (Å²) in [5, 5.41) is 0. The molecule has 0 aliphatic rings. The molecular formula is C6H13HgIO. The van der Waals surface area contributed by atoms with Gasteiger partial charge in [-0.25, -0.2) is 0 Å². The number of hydrogen-bond donors (Lipinski definition) is 0. The molecule has 0 N–H and O–H groups in total. The van der Waals surface area contributed by atoms with Gasteiger partial charge < -0.3 is 0 Å². The third-order valence-corrected chi connectivity index (χ3v) is 9.67. The summed E-state index contributed by atoms with van der Waals surface area (Å²) in [6, 6.07) is 0. The van der Waals surface area contributed by atoms with Gasteiger partial charge in [0.05, 0.1) is 0 Å². The van der Waals surface area contributed by atoms with Crippen LogP contribution in [0.3, 0.4) is 0 Å². The summed E-state index contributed by atoms with van der Waals surface area (Å²) >= 11 is 2.17. The second-order valence-electron chi connectivity index (χ2n) is 3.00. The van der Waals surface area contributed by atoms with E-state index in [0.29, 0.717) is 0 Å². The first-order valence-electron chi connectivity index (χ1n) is 3.26. The molecular weight excluding hydrogens is 416 g/mol. The fourth-order valence-corrected chi connectivity index (χ4v) is 4.15. The Bertz CT molecular complexity index is 69.9. The van der Waals surface area contributed by atoms with Gasteiger partial charge in [0.1, 0.15) is 0 Å². The van der Waals surface area contributed by atoms with E-state index in [2.05, 4.69) is 38.4 Å². The predicted molar refractivity (Wildman–Crippen MR) is 44.5 cm³/mol. The van der Waals surface area contributed by atoms with Crippen molar-refractivity contribution in [2.24, 2.45) is 0 Å². The van der Waals surface area contributed by atoms with Gasteiger partial charge in [-0.05, 0) is 0 Å². The summed E-state index contributed by atoms with van der Waals surface area (Å²) in [6.45, 7) is 7.32. The van der Waals surface area contributed by atoms with E-state index in [1.807, 2.05) is 0 Å². The van der Waals surface area contributed by atoms with Gasteiger partial charge in [0.15, 0.2) is 0 Å². The summed E-state index contributed by atoms with van der Waals surface area (Å²) in [5.74, 6) is 0. The fourth-order valence-electron chi connectivity index (χ4n) is 0.433. The SMILES string of the molecule is CC(C)(C)OC[CH2][Hg][I]. The first kappa shape index (κ1) is 10.6. The van der Waals surface area contributed by atoms with E-state index in [1.165, 1.54) is 3.93 Å². The molecule has 3 heteroatoms. The second kappa shape index (κ2) is 5.30. The van der Waals surface area contributed by atoms with Crippen molar-refractivity contribution in [2.45, 2.75) is 30.3 Å². The Morgan fingerprint density at radius 1 is 1.44 bits per heavy atom. The van der Waals surface area contributed by atoms with Crippen molar-refractivity contribution in [3.8, 4) is 0 Å². The quantitative estimate of drug-likeness (QED) is 0.382. The average Bonchev–Trinajstić information content (AvgIpc) is 1.63. The summed E-state index contributed by atoms with van der Waals surface area (Å²) in [6.07, 6.45) is 0. The Hall–Kier alpha value is 1.63. The van der Waals surface area contributed by atoms with Gasteiger partial charge in [-0.1, -0.05) is 0 Å². The molecule has 0 aromatic heterocycles. The van der Waals surface area contributed by atoms with Crippen LogP contribution in [-0.2, 0) is 25.0 Å². The normalized spacial score (nSPS) is 11.1. The summed E-state index contributed by atoms with van der Waals surface area (Å²) in [7, 11) is 0. The molecule has 0 aromatic rings. The van der Waals surface area contributed by atoms with Gasteiger partial charge in [-0.3, -0.25) is 0 Å². The minimum atomic E-state index is -0.409. The fraction of sp³-hybridized carbons (Fsp3) is 1.00. The van der Waals surface area contributed by atoms with Gasteiger partial charge in [-0.15, -0.1) is 0 Å². The van der Waals surface area contributed by atoms with Crippen LogP contribution in [0, 0.1) is 0 Å². The predicted octanol–water partition coefficient (Wildman–Crippen LogP) is 2.65. The molecule has 0 atom stereocenters. The molecule has 0 saturated heterocycles. The first-order valence-corrected chi connectivity index (χ1v) is 22.6. The molecule has 0 aliphatic carbocycles. The Morgan fingerprint density at radius 3 is 2.33 bits per heavy atom. The average molecular weight is 429 g/mol. The van der Waals surface area contributed by atoms with Crippen molar-refractivity contribution in [2.75, 3.05) is 6.61 Å². The molecule has 0 saturated carbocycles. The van der Waals surface area contributed by atoms with Crippen molar-refractivity contribution < 1.29 is 25.0 Å². The Balaban J connectivity index is 3.07. The van der Waals surface area contributed by atoms with Crippen molar-refractivity contribution in [3.05, 3.63) is 0 Å². The maximum atomic E-state index is 5.52. The topological polar surface area (TPSA) is 9.23 Å². The van der Waals surface area contributed by atoms with E-state index in [4.69, 9.17) is 4.74 Å². The standard InChI is InChI=1S/C6H13O.Hg.HI/c1-5-7-6(2,3)4;;/h1,5H2,2-4H3;;1H/q;+1;/p-1. The van der Waals surface area contributed by atoms with Crippen LogP contribution in [0.1, 0.15) is 20.8 Å². The van der Waals surface area contributed by atoms with Gasteiger partial charge in [0.25, 0.3) is 0 Å². The zero-order chi connectivity index (χ0) is 7.33. The van der Waals surface area contributed by atoms with Crippen LogP contribution in [0.4, 0.5) is 0 Å². The molecule has 0 amide bonds. The van der Waals surface area contributed by atoms with Crippen molar-refractivity contribution in [1.82, 2.24) is 0 Å². The molecule has 0 rings (SSSR count). The zero-order valence-electron chi connectivity index (χ0n) is 6.41. The first-order chi connectivity index (χ1) is 4.06. The molecule has 0 spiro atoms. The molecule has 0 aromatic carbocycles. The molecule has 9 heavy (non-hydrogen) atoms. The molecule has 0 bridgehead atoms. The molecule has 0 aliphatic heterocycles. The number of hydrogen-bond acceptors (Lipinski definition) is 1. The number of halogens is 1. The summed E-state index contributed by atoms with van der Waals surface area (Å²) in [4.78, 5) is 0. The van der Waals surface area contributed by atoms with E-state index in [1.54, 1.807) is 0 Å². The minimum absolute atomic E-state index is 0.0830. The van der Waals surface area contributed by atoms with E-state index in [-0.39, 0.29) is 5.60 Å². The third-order valence-electron chi connectivity index (χ3n) is 0.813. The van der Waals surface area contributed by atoms with Gasteiger partial charge in [0.2, 0.25) is 0 Å². The second-order valence-corrected chi connectivity index (χ2v) is 16.7. The van der Waals surface area contributed by atoms with Crippen molar-refractivity contribution >= 4 is 17.7 Å². The molecule has 1 nitrogen and oxygen atoms in total. The molecule has 52 valence electrons. The molecule has 0 heterocycles. The monoisotopic (exact) mass is 430 g/mol. The van der Waals surface area contributed by atoms with E-state index < -0.39 is 20.2 Å². The Morgan fingerprint density at radius 2 is 2.00 bits per heavy atom. The van der Waals surface area contributed by atoms with Gasteiger partial charge >= 0.3 is 79.6 Å². The molecule has 0 fully saturated rings. The zero-order valence-corrected chi connectivity index (χ0v) is 14.1. The molecule has 0 radical (unpaired) electrons. The van der Waals surface area contributed by atoms with Crippen LogP contribution in [0.15, 0.2) is 0 Å². The van der Waals surface area contributed by atoms with E-state index in [9.17, 15) is 0 Å². The van der Waals surface area contributed by atoms with E-state index in [0.717, 1.165) is 6.61 Å². The Kier molecular flexibility index (Phi) is 6.25. The number of rotatable bonds is 3. The van der Waals surface area contributed by atoms with Crippen LogP contribution in [0.5, 0.6) is 0 Å². The van der Waals surface area contributed by atoms with Crippen LogP contribution in [-0.4, -0.2) is 12.2 Å². The van der Waals surface area contributed by atoms with Crippen LogP contribution in [0.2, 0.25) is 3.93 Å². The number of ether oxygens (including phenoxy) is 1. The van der Waals surface area contributed by atoms with Crippen molar-refractivity contribution in [1.29, 1.82) is 0 Å². The van der Waals surface area contributed by atoms with Crippen LogP contribution in [0.25, 0.3) is 0 Å². The summed E-state index contributed by atoms with van der Waals surface area (Å²) in [5.41, 5.74) is 0.0830. The van der Waals surface area contributed by atoms with Gasteiger partial charge in [0, 0.05) is 0 Å². The third kappa shape index (κ3) is 9.63. The molecule has 0 unspecified atom stereocenters. The maximum absolute atomic E-state index is 5.52. The van der Waals surface area contributed by atoms with Crippen molar-refractivity contribution in [3.63, 3.8) is 0 Å². The summed E-state index contributed by atoms with van der Waals surface area (Å²) < 4.78 is 6.91.